The first-order valence-corrected chi connectivity index (χ1v) is 7.13. The molecule has 3 heterocycles. The zero-order chi connectivity index (χ0) is 14.7. The molecule has 1 N–H and O–H groups in total. The fourth-order valence-corrected chi connectivity index (χ4v) is 2.34. The maximum absolute atomic E-state index is 4.56. The lowest BCUT2D eigenvalue weighted by Crippen LogP contribution is -2.30. The summed E-state index contributed by atoms with van der Waals surface area (Å²) in [7, 11) is 3.95. The highest BCUT2D eigenvalue weighted by Crippen LogP contribution is 2.14. The minimum Gasteiger partial charge on any atom is -0.357 e. The van der Waals surface area contributed by atoms with E-state index in [1.807, 2.05) is 19.3 Å². The smallest absolute Gasteiger partial charge is 0.257 e. The highest BCUT2D eigenvalue weighted by molar-refractivity contribution is 5.39. The number of hydrogen-bond donors (Lipinski definition) is 1. The minimum absolute atomic E-state index is 0.534. The molecule has 1 saturated heterocycles. The molecule has 0 aliphatic carbocycles. The van der Waals surface area contributed by atoms with Crippen LogP contribution in [0.3, 0.4) is 0 Å². The van der Waals surface area contributed by atoms with Gasteiger partial charge >= 0.3 is 0 Å². The number of likely N-dealkylation sites (N-methyl/N-ethyl adjacent to an activating group) is 1. The monoisotopic (exact) mass is 288 g/mol. The second kappa shape index (κ2) is 6.04. The van der Waals surface area contributed by atoms with Crippen LogP contribution in [-0.4, -0.2) is 69.9 Å². The van der Waals surface area contributed by atoms with Gasteiger partial charge in [-0.2, -0.15) is 20.1 Å². The third-order valence-corrected chi connectivity index (χ3v) is 3.55. The van der Waals surface area contributed by atoms with Gasteiger partial charge in [-0.3, -0.25) is 0 Å². The lowest BCUT2D eigenvalue weighted by molar-refractivity contribution is 0.360. The Hall–Kier alpha value is -2.22. The van der Waals surface area contributed by atoms with E-state index < -0.39 is 0 Å². The summed E-state index contributed by atoms with van der Waals surface area (Å²) in [5, 5.41) is 7.18. The zero-order valence-electron chi connectivity index (χ0n) is 12.4. The lowest BCUT2D eigenvalue weighted by atomic mass is 10.4. The fraction of sp³-hybridized carbons (Fsp3) is 0.538. The topological polar surface area (TPSA) is 75.0 Å². The highest BCUT2D eigenvalue weighted by atomic mass is 15.4. The summed E-state index contributed by atoms with van der Waals surface area (Å²) in [5.41, 5.74) is 0. The molecule has 2 aromatic heterocycles. The molecule has 0 aromatic carbocycles. The molecule has 8 nitrogen and oxygen atoms in total. The molecule has 0 amide bonds. The van der Waals surface area contributed by atoms with E-state index >= 15 is 0 Å². The second-order valence-corrected chi connectivity index (χ2v) is 5.10. The summed E-state index contributed by atoms with van der Waals surface area (Å²) in [6, 6.07) is 1.85. The van der Waals surface area contributed by atoms with Crippen molar-refractivity contribution in [2.24, 2.45) is 0 Å². The van der Waals surface area contributed by atoms with Crippen molar-refractivity contribution in [3.05, 3.63) is 18.5 Å². The van der Waals surface area contributed by atoms with Crippen LogP contribution in [0.1, 0.15) is 6.42 Å². The molecule has 3 rings (SSSR count). The van der Waals surface area contributed by atoms with E-state index in [2.05, 4.69) is 42.2 Å². The molecule has 112 valence electrons. The van der Waals surface area contributed by atoms with Gasteiger partial charge < -0.3 is 15.1 Å². The van der Waals surface area contributed by atoms with Gasteiger partial charge in [0.1, 0.15) is 0 Å². The Labute approximate surface area is 123 Å². The van der Waals surface area contributed by atoms with Crippen molar-refractivity contribution in [3.63, 3.8) is 0 Å². The predicted octanol–water partition coefficient (Wildman–Crippen LogP) is 0.241. The number of nitrogens with one attached hydrogen (secondary N) is 1. The molecule has 0 bridgehead atoms. The van der Waals surface area contributed by atoms with Crippen molar-refractivity contribution < 1.29 is 0 Å². The van der Waals surface area contributed by atoms with Gasteiger partial charge in [-0.1, -0.05) is 0 Å². The SMILES string of the molecule is CNc1nc(N2CCCN(C)CC2)nc(-n2cccn2)n1. The van der Waals surface area contributed by atoms with E-state index in [9.17, 15) is 0 Å². The van der Waals surface area contributed by atoms with Crippen LogP contribution in [0, 0.1) is 0 Å². The van der Waals surface area contributed by atoms with Gasteiger partial charge in [0, 0.05) is 39.1 Å². The van der Waals surface area contributed by atoms with Crippen LogP contribution in [0.25, 0.3) is 5.95 Å². The molecule has 21 heavy (non-hydrogen) atoms. The van der Waals surface area contributed by atoms with Crippen molar-refractivity contribution >= 4 is 11.9 Å². The molecule has 8 heteroatoms. The van der Waals surface area contributed by atoms with Crippen molar-refractivity contribution in [1.29, 1.82) is 0 Å². The molecule has 0 saturated carbocycles. The van der Waals surface area contributed by atoms with Gasteiger partial charge in [0.25, 0.3) is 5.95 Å². The standard InChI is InChI=1S/C13H20N8/c1-14-11-16-12(20-7-4-6-19(2)9-10-20)18-13(17-11)21-8-3-5-15-21/h3,5,8H,4,6-7,9-10H2,1-2H3,(H,14,16,17,18). The van der Waals surface area contributed by atoms with Gasteiger partial charge in [0.2, 0.25) is 11.9 Å². The van der Waals surface area contributed by atoms with Crippen LogP contribution in [0.15, 0.2) is 18.5 Å². The Kier molecular flexibility index (Phi) is 3.96. The average molecular weight is 288 g/mol. The van der Waals surface area contributed by atoms with E-state index in [-0.39, 0.29) is 0 Å². The molecular formula is C13H20N8. The summed E-state index contributed by atoms with van der Waals surface area (Å²) in [6.07, 6.45) is 4.65. The summed E-state index contributed by atoms with van der Waals surface area (Å²) in [5.74, 6) is 1.80. The Bertz CT molecular complexity index is 582. The van der Waals surface area contributed by atoms with Crippen molar-refractivity contribution in [2.75, 3.05) is 50.5 Å². The largest absolute Gasteiger partial charge is 0.357 e. The van der Waals surface area contributed by atoms with Gasteiger partial charge in [-0.25, -0.2) is 4.68 Å². The molecule has 2 aromatic rings. The molecule has 1 aliphatic rings. The Morgan fingerprint density at radius 2 is 1.90 bits per heavy atom. The first-order valence-electron chi connectivity index (χ1n) is 7.13. The molecule has 1 fully saturated rings. The second-order valence-electron chi connectivity index (χ2n) is 5.10. The zero-order valence-corrected chi connectivity index (χ0v) is 12.4. The lowest BCUT2D eigenvalue weighted by Gasteiger charge is -2.21. The van der Waals surface area contributed by atoms with Gasteiger partial charge in [-0.05, 0) is 26.1 Å². The van der Waals surface area contributed by atoms with Crippen LogP contribution >= 0.6 is 0 Å². The van der Waals surface area contributed by atoms with Crippen LogP contribution in [-0.2, 0) is 0 Å². The third kappa shape index (κ3) is 3.10. The maximum atomic E-state index is 4.56. The van der Waals surface area contributed by atoms with Crippen LogP contribution in [0.4, 0.5) is 11.9 Å². The van der Waals surface area contributed by atoms with E-state index in [0.29, 0.717) is 17.8 Å². The molecular weight excluding hydrogens is 268 g/mol. The number of rotatable bonds is 3. The van der Waals surface area contributed by atoms with Crippen LogP contribution in [0.5, 0.6) is 0 Å². The molecule has 0 spiro atoms. The van der Waals surface area contributed by atoms with E-state index in [4.69, 9.17) is 0 Å². The van der Waals surface area contributed by atoms with E-state index in [0.717, 1.165) is 32.6 Å². The van der Waals surface area contributed by atoms with Gasteiger partial charge in [0.05, 0.1) is 0 Å². The third-order valence-electron chi connectivity index (χ3n) is 3.55. The Morgan fingerprint density at radius 1 is 1.05 bits per heavy atom. The van der Waals surface area contributed by atoms with E-state index in [1.54, 1.807) is 10.9 Å². The Morgan fingerprint density at radius 3 is 2.67 bits per heavy atom. The number of aromatic nitrogens is 5. The van der Waals surface area contributed by atoms with Crippen molar-refractivity contribution in [3.8, 4) is 5.95 Å². The molecule has 0 atom stereocenters. The normalized spacial score (nSPS) is 16.8. The number of anilines is 2. The number of nitrogens with zero attached hydrogens (tertiary/aromatic N) is 7. The first-order chi connectivity index (χ1) is 10.3. The summed E-state index contributed by atoms with van der Waals surface area (Å²) >= 11 is 0. The maximum Gasteiger partial charge on any atom is 0.257 e. The van der Waals surface area contributed by atoms with E-state index in [1.165, 1.54) is 0 Å². The fourth-order valence-electron chi connectivity index (χ4n) is 2.34. The van der Waals surface area contributed by atoms with Crippen LogP contribution < -0.4 is 10.2 Å². The predicted molar refractivity (Wildman–Crippen MR) is 80.8 cm³/mol. The summed E-state index contributed by atoms with van der Waals surface area (Å²) in [4.78, 5) is 17.9. The number of hydrogen-bond acceptors (Lipinski definition) is 7. The Balaban J connectivity index is 1.92. The molecule has 0 unspecified atom stereocenters. The summed E-state index contributed by atoms with van der Waals surface area (Å²) < 4.78 is 1.65. The molecule has 0 radical (unpaired) electrons. The average Bonchev–Trinajstić information content (AvgIpc) is 2.96. The van der Waals surface area contributed by atoms with Crippen molar-refractivity contribution in [1.82, 2.24) is 29.6 Å². The van der Waals surface area contributed by atoms with Gasteiger partial charge in [-0.15, -0.1) is 0 Å². The molecule has 1 aliphatic heterocycles. The highest BCUT2D eigenvalue weighted by Gasteiger charge is 2.17. The first kappa shape index (κ1) is 13.7. The van der Waals surface area contributed by atoms with Gasteiger partial charge in [0.15, 0.2) is 0 Å². The summed E-state index contributed by atoms with van der Waals surface area (Å²) in [6.45, 7) is 3.99. The quantitative estimate of drug-likeness (QED) is 0.867. The minimum atomic E-state index is 0.534. The van der Waals surface area contributed by atoms with Crippen molar-refractivity contribution in [2.45, 2.75) is 6.42 Å². The van der Waals surface area contributed by atoms with Crippen LogP contribution in [0.2, 0.25) is 0 Å².